The molecule has 7 nitrogen and oxygen atoms in total. The zero-order chi connectivity index (χ0) is 22.1. The summed E-state index contributed by atoms with van der Waals surface area (Å²) in [6, 6.07) is 12.3. The number of H-pyrrole nitrogens is 1. The van der Waals surface area contributed by atoms with Crippen LogP contribution >= 0.6 is 0 Å². The predicted molar refractivity (Wildman–Crippen MR) is 120 cm³/mol. The Kier molecular flexibility index (Phi) is 8.03. The maximum atomic E-state index is 12.7. The normalized spacial score (nSPS) is 18.5. The number of hydrogen-bond donors (Lipinski definition) is 2. The molecule has 0 radical (unpaired) electrons. The number of ether oxygens (including phenoxy) is 1. The van der Waals surface area contributed by atoms with Gasteiger partial charge in [-0.3, -0.25) is 14.5 Å². The van der Waals surface area contributed by atoms with Gasteiger partial charge in [0.25, 0.3) is 12.4 Å². The summed E-state index contributed by atoms with van der Waals surface area (Å²) in [7, 11) is 0. The number of carbonyl (C=O) groups is 2. The zero-order valence-corrected chi connectivity index (χ0v) is 18.0. The van der Waals surface area contributed by atoms with E-state index in [1.807, 2.05) is 30.2 Å². The second-order valence-corrected chi connectivity index (χ2v) is 7.99. The lowest BCUT2D eigenvalue weighted by Gasteiger charge is -2.47. The van der Waals surface area contributed by atoms with E-state index in [9.17, 15) is 4.79 Å². The summed E-state index contributed by atoms with van der Waals surface area (Å²) < 4.78 is 6.23. The van der Waals surface area contributed by atoms with Gasteiger partial charge in [0.2, 0.25) is 0 Å². The van der Waals surface area contributed by atoms with Crippen LogP contribution in [0.4, 0.5) is 0 Å². The molecule has 31 heavy (non-hydrogen) atoms. The Balaban J connectivity index is 0.000000858. The fourth-order valence-electron chi connectivity index (χ4n) is 4.26. The summed E-state index contributed by atoms with van der Waals surface area (Å²) in [4.78, 5) is 28.6. The molecule has 1 amide bonds. The second kappa shape index (κ2) is 10.9. The summed E-state index contributed by atoms with van der Waals surface area (Å²) in [5.41, 5.74) is 2.85. The molecule has 166 valence electrons. The average molecular weight is 426 g/mol. The lowest BCUT2D eigenvalue weighted by molar-refractivity contribution is -0.130. The smallest absolute Gasteiger partial charge is 0.290 e. The molecule has 0 unspecified atom stereocenters. The van der Waals surface area contributed by atoms with Gasteiger partial charge < -0.3 is 19.7 Å². The number of likely N-dealkylation sites (tertiary alicyclic amines) is 1. The van der Waals surface area contributed by atoms with Gasteiger partial charge in [0.1, 0.15) is 0 Å². The first-order chi connectivity index (χ1) is 15.1. The molecule has 1 aromatic carbocycles. The molecule has 1 aromatic heterocycles. The van der Waals surface area contributed by atoms with Crippen LogP contribution in [-0.2, 0) is 9.53 Å². The SMILES string of the molecule is Cc1[nH]ccc1C(=O)N1CCC2(CC1)CN(C/C=C/c1ccccc1)CCO2.O=CO. The molecule has 0 aliphatic carbocycles. The highest BCUT2D eigenvalue weighted by molar-refractivity contribution is 5.95. The third kappa shape index (κ3) is 6.06. The number of aromatic amines is 1. The maximum absolute atomic E-state index is 12.7. The predicted octanol–water partition coefficient (Wildman–Crippen LogP) is 3.04. The number of carbonyl (C=O) groups excluding carboxylic acids is 1. The molecule has 0 bridgehead atoms. The van der Waals surface area contributed by atoms with Crippen LogP contribution < -0.4 is 0 Å². The lowest BCUT2D eigenvalue weighted by Crippen LogP contribution is -2.57. The third-order valence-electron chi connectivity index (χ3n) is 5.95. The molecule has 1 spiro atoms. The highest BCUT2D eigenvalue weighted by atomic mass is 16.5. The maximum Gasteiger partial charge on any atom is 0.290 e. The van der Waals surface area contributed by atoms with Crippen molar-refractivity contribution in [2.24, 2.45) is 0 Å². The fourth-order valence-corrected chi connectivity index (χ4v) is 4.26. The van der Waals surface area contributed by atoms with E-state index in [0.29, 0.717) is 0 Å². The number of hydrogen-bond acceptors (Lipinski definition) is 4. The number of rotatable bonds is 4. The van der Waals surface area contributed by atoms with Crippen LogP contribution in [0.25, 0.3) is 6.08 Å². The standard InChI is InChI=1S/C23H29N3O2.CH2O2/c1-19-21(9-12-24-19)22(27)26-14-10-23(11-15-26)18-25(16-17-28-23)13-5-8-20-6-3-2-4-7-20;2-1-3/h2-9,12,24H,10-11,13-18H2,1H3;1H,(H,2,3)/b8-5+;. The Labute approximate surface area is 183 Å². The molecule has 7 heteroatoms. The largest absolute Gasteiger partial charge is 0.483 e. The Morgan fingerprint density at radius 1 is 1.19 bits per heavy atom. The number of amides is 1. The zero-order valence-electron chi connectivity index (χ0n) is 18.0. The molecule has 0 saturated carbocycles. The molecule has 2 aliphatic heterocycles. The Hall–Kier alpha value is -2.90. The third-order valence-corrected chi connectivity index (χ3v) is 5.95. The van der Waals surface area contributed by atoms with E-state index in [1.165, 1.54) is 5.56 Å². The van der Waals surface area contributed by atoms with Crippen molar-refractivity contribution in [1.82, 2.24) is 14.8 Å². The lowest BCUT2D eigenvalue weighted by atomic mass is 9.89. The molecule has 2 N–H and O–H groups in total. The van der Waals surface area contributed by atoms with Gasteiger partial charge in [-0.05, 0) is 31.4 Å². The van der Waals surface area contributed by atoms with Crippen molar-refractivity contribution in [3.8, 4) is 0 Å². The molecule has 2 aliphatic rings. The van der Waals surface area contributed by atoms with Gasteiger partial charge in [-0.25, -0.2) is 0 Å². The van der Waals surface area contributed by atoms with Crippen LogP contribution in [0.15, 0.2) is 48.7 Å². The molecular weight excluding hydrogens is 394 g/mol. The van der Waals surface area contributed by atoms with Crippen molar-refractivity contribution in [3.05, 3.63) is 65.5 Å². The molecule has 4 rings (SSSR count). The highest BCUT2D eigenvalue weighted by Gasteiger charge is 2.40. The van der Waals surface area contributed by atoms with Crippen molar-refractivity contribution < 1.29 is 19.4 Å². The monoisotopic (exact) mass is 425 g/mol. The van der Waals surface area contributed by atoms with Crippen molar-refractivity contribution >= 4 is 18.5 Å². The highest BCUT2D eigenvalue weighted by Crippen LogP contribution is 2.31. The van der Waals surface area contributed by atoms with Gasteiger partial charge in [-0.1, -0.05) is 42.5 Å². The Morgan fingerprint density at radius 3 is 2.55 bits per heavy atom. The number of nitrogens with zero attached hydrogens (tertiary/aromatic N) is 2. The summed E-state index contributed by atoms with van der Waals surface area (Å²) >= 11 is 0. The van der Waals surface area contributed by atoms with E-state index in [4.69, 9.17) is 14.6 Å². The summed E-state index contributed by atoms with van der Waals surface area (Å²) in [6.45, 7) is 6.83. The fraction of sp³-hybridized carbons (Fsp3) is 0.417. The number of morpholine rings is 1. The van der Waals surface area contributed by atoms with Crippen LogP contribution in [0, 0.1) is 6.92 Å². The van der Waals surface area contributed by atoms with E-state index >= 15 is 0 Å². The number of aromatic nitrogens is 1. The van der Waals surface area contributed by atoms with E-state index < -0.39 is 0 Å². The Bertz CT molecular complexity index is 870. The van der Waals surface area contributed by atoms with Gasteiger partial charge in [-0.2, -0.15) is 0 Å². The number of aryl methyl sites for hydroxylation is 1. The first-order valence-corrected chi connectivity index (χ1v) is 10.7. The molecular formula is C24H31N3O4. The molecule has 2 saturated heterocycles. The van der Waals surface area contributed by atoms with Crippen molar-refractivity contribution in [3.63, 3.8) is 0 Å². The summed E-state index contributed by atoms with van der Waals surface area (Å²) in [5, 5.41) is 6.89. The molecule has 3 heterocycles. The molecule has 2 aromatic rings. The molecule has 0 atom stereocenters. The van der Waals surface area contributed by atoms with Crippen LogP contribution in [0.1, 0.15) is 34.5 Å². The average Bonchev–Trinajstić information content (AvgIpc) is 3.21. The summed E-state index contributed by atoms with van der Waals surface area (Å²) in [6.07, 6.45) is 8.06. The minimum atomic E-state index is -0.250. The van der Waals surface area contributed by atoms with Gasteiger partial charge in [0.15, 0.2) is 0 Å². The van der Waals surface area contributed by atoms with Crippen LogP contribution in [0.5, 0.6) is 0 Å². The number of carboxylic acid groups (broad SMARTS) is 1. The van der Waals surface area contributed by atoms with E-state index in [1.54, 1.807) is 0 Å². The molecule has 2 fully saturated rings. The first-order valence-electron chi connectivity index (χ1n) is 10.7. The topological polar surface area (TPSA) is 85.9 Å². The second-order valence-electron chi connectivity index (χ2n) is 7.99. The van der Waals surface area contributed by atoms with Crippen molar-refractivity contribution in [2.45, 2.75) is 25.4 Å². The number of benzene rings is 1. The van der Waals surface area contributed by atoms with Crippen LogP contribution in [0.2, 0.25) is 0 Å². The van der Waals surface area contributed by atoms with Crippen LogP contribution in [-0.4, -0.2) is 77.2 Å². The first kappa shape index (κ1) is 22.8. The van der Waals surface area contributed by atoms with Gasteiger partial charge >= 0.3 is 0 Å². The van der Waals surface area contributed by atoms with Gasteiger partial charge in [0, 0.05) is 44.6 Å². The van der Waals surface area contributed by atoms with Gasteiger partial charge in [-0.15, -0.1) is 0 Å². The minimum absolute atomic E-state index is 0.108. The van der Waals surface area contributed by atoms with E-state index in [0.717, 1.165) is 63.4 Å². The van der Waals surface area contributed by atoms with E-state index in [2.05, 4.69) is 46.3 Å². The minimum Gasteiger partial charge on any atom is -0.483 e. The quantitative estimate of drug-likeness (QED) is 0.736. The van der Waals surface area contributed by atoms with Crippen LogP contribution in [0.3, 0.4) is 0 Å². The van der Waals surface area contributed by atoms with Gasteiger partial charge in [0.05, 0.1) is 17.8 Å². The van der Waals surface area contributed by atoms with Crippen molar-refractivity contribution in [2.75, 3.05) is 39.3 Å². The Morgan fingerprint density at radius 2 is 1.90 bits per heavy atom. The summed E-state index contributed by atoms with van der Waals surface area (Å²) in [5.74, 6) is 0.132. The van der Waals surface area contributed by atoms with E-state index in [-0.39, 0.29) is 18.0 Å². The number of piperidine rings is 1. The number of nitrogens with one attached hydrogen (secondary N) is 1. The van der Waals surface area contributed by atoms with Crippen molar-refractivity contribution in [1.29, 1.82) is 0 Å².